The van der Waals surface area contributed by atoms with Crippen LogP contribution in [0.3, 0.4) is 0 Å². The molecule has 0 bridgehead atoms. The Balaban J connectivity index is 2.41. The summed E-state index contributed by atoms with van der Waals surface area (Å²) >= 11 is 0. The van der Waals surface area contributed by atoms with E-state index in [2.05, 4.69) is 0 Å². The normalized spacial score (nSPS) is 11.7. The summed E-state index contributed by atoms with van der Waals surface area (Å²) in [6, 6.07) is 13.8. The van der Waals surface area contributed by atoms with Crippen molar-refractivity contribution in [2.45, 2.75) is 12.8 Å². The first-order valence-electron chi connectivity index (χ1n) is 6.55. The van der Waals surface area contributed by atoms with Gasteiger partial charge >= 0.3 is 5.97 Å². The van der Waals surface area contributed by atoms with Gasteiger partial charge < -0.3 is 9.84 Å². The van der Waals surface area contributed by atoms with E-state index < -0.39 is 11.9 Å². The van der Waals surface area contributed by atoms with Crippen molar-refractivity contribution in [3.05, 3.63) is 65.2 Å². The third kappa shape index (κ3) is 3.11. The molecule has 2 aromatic carbocycles. The van der Waals surface area contributed by atoms with E-state index in [1.54, 1.807) is 13.0 Å². The predicted molar refractivity (Wildman–Crippen MR) is 79.1 cm³/mol. The lowest BCUT2D eigenvalue weighted by Crippen LogP contribution is -2.14. The van der Waals surface area contributed by atoms with Gasteiger partial charge in [0.1, 0.15) is 5.75 Å². The number of Topliss-reactive ketones (excluding diaryl/α,β-unsaturated/α-hetero) is 1. The monoisotopic (exact) mass is 284 g/mol. The van der Waals surface area contributed by atoms with Crippen LogP contribution in [0.5, 0.6) is 5.75 Å². The van der Waals surface area contributed by atoms with Crippen LogP contribution in [0.4, 0.5) is 0 Å². The van der Waals surface area contributed by atoms with Crippen LogP contribution < -0.4 is 4.74 Å². The Bertz CT molecular complexity index is 662. The SMILES string of the molecule is COc1ccc(C(=O)C(C)c2ccccc2)c(C(=O)O)c1. The molecule has 0 radical (unpaired) electrons. The lowest BCUT2D eigenvalue weighted by Gasteiger charge is -2.13. The average Bonchev–Trinajstić information content (AvgIpc) is 2.53. The van der Waals surface area contributed by atoms with Crippen molar-refractivity contribution < 1.29 is 19.4 Å². The summed E-state index contributed by atoms with van der Waals surface area (Å²) in [6.07, 6.45) is 0. The molecule has 2 rings (SSSR count). The third-order valence-electron chi connectivity index (χ3n) is 3.42. The molecule has 0 spiro atoms. The van der Waals surface area contributed by atoms with Crippen molar-refractivity contribution in [1.82, 2.24) is 0 Å². The van der Waals surface area contributed by atoms with Crippen LogP contribution in [-0.2, 0) is 0 Å². The van der Waals surface area contributed by atoms with Crippen molar-refractivity contribution in [3.8, 4) is 5.75 Å². The summed E-state index contributed by atoms with van der Waals surface area (Å²) in [6.45, 7) is 1.77. The first kappa shape index (κ1) is 14.8. The molecule has 0 aliphatic rings. The number of carbonyl (C=O) groups is 2. The fourth-order valence-electron chi connectivity index (χ4n) is 2.17. The summed E-state index contributed by atoms with van der Waals surface area (Å²) in [5, 5.41) is 9.28. The molecule has 4 nitrogen and oxygen atoms in total. The van der Waals surface area contributed by atoms with Gasteiger partial charge in [-0.1, -0.05) is 37.3 Å². The van der Waals surface area contributed by atoms with Crippen molar-refractivity contribution in [1.29, 1.82) is 0 Å². The second-order valence-electron chi connectivity index (χ2n) is 4.71. The van der Waals surface area contributed by atoms with Gasteiger partial charge in [0.05, 0.1) is 12.7 Å². The maximum absolute atomic E-state index is 12.6. The zero-order chi connectivity index (χ0) is 15.4. The number of aromatic carboxylic acids is 1. The first-order chi connectivity index (χ1) is 10.0. The van der Waals surface area contributed by atoms with Gasteiger partial charge in [-0.05, 0) is 23.8 Å². The van der Waals surface area contributed by atoms with Crippen LogP contribution in [0.2, 0.25) is 0 Å². The molecule has 0 aromatic heterocycles. The third-order valence-corrected chi connectivity index (χ3v) is 3.42. The highest BCUT2D eigenvalue weighted by Gasteiger charge is 2.23. The number of carbonyl (C=O) groups excluding carboxylic acids is 1. The van der Waals surface area contributed by atoms with Crippen molar-refractivity contribution in [3.63, 3.8) is 0 Å². The Labute approximate surface area is 123 Å². The molecule has 0 saturated heterocycles. The molecule has 0 saturated carbocycles. The summed E-state index contributed by atoms with van der Waals surface area (Å²) in [4.78, 5) is 23.9. The van der Waals surface area contributed by atoms with E-state index >= 15 is 0 Å². The standard InChI is InChI=1S/C17H16O4/c1-11(12-6-4-3-5-7-12)16(18)14-9-8-13(21-2)10-15(14)17(19)20/h3-11H,1-2H3,(H,19,20). The number of carboxylic acid groups (broad SMARTS) is 1. The van der Waals surface area contributed by atoms with Crippen LogP contribution in [0.25, 0.3) is 0 Å². The summed E-state index contributed by atoms with van der Waals surface area (Å²) in [5.74, 6) is -1.35. The van der Waals surface area contributed by atoms with Gasteiger partial charge in [0, 0.05) is 11.5 Å². The number of ether oxygens (including phenoxy) is 1. The highest BCUT2D eigenvalue weighted by molar-refractivity contribution is 6.08. The second kappa shape index (κ2) is 6.22. The molecule has 0 heterocycles. The molecule has 4 heteroatoms. The minimum Gasteiger partial charge on any atom is -0.497 e. The number of benzene rings is 2. The number of hydrogen-bond acceptors (Lipinski definition) is 3. The van der Waals surface area contributed by atoms with E-state index in [4.69, 9.17) is 4.74 Å². The Morgan fingerprint density at radius 2 is 1.71 bits per heavy atom. The topological polar surface area (TPSA) is 63.6 Å². The van der Waals surface area contributed by atoms with Gasteiger partial charge in [0.25, 0.3) is 0 Å². The minimum atomic E-state index is -1.14. The number of hydrogen-bond donors (Lipinski definition) is 1. The molecular weight excluding hydrogens is 268 g/mol. The quantitative estimate of drug-likeness (QED) is 0.855. The summed E-state index contributed by atoms with van der Waals surface area (Å²) in [7, 11) is 1.45. The maximum Gasteiger partial charge on any atom is 0.336 e. The zero-order valence-corrected chi connectivity index (χ0v) is 11.9. The largest absolute Gasteiger partial charge is 0.497 e. The van der Waals surface area contributed by atoms with Gasteiger partial charge in [0.2, 0.25) is 0 Å². The number of ketones is 1. The Morgan fingerprint density at radius 3 is 2.29 bits per heavy atom. The lowest BCUT2D eigenvalue weighted by atomic mass is 9.90. The van der Waals surface area contributed by atoms with Crippen LogP contribution in [-0.4, -0.2) is 24.0 Å². The zero-order valence-electron chi connectivity index (χ0n) is 11.9. The fourth-order valence-corrected chi connectivity index (χ4v) is 2.17. The van der Waals surface area contributed by atoms with Crippen molar-refractivity contribution >= 4 is 11.8 Å². The highest BCUT2D eigenvalue weighted by Crippen LogP contribution is 2.25. The number of rotatable bonds is 5. The van der Waals surface area contributed by atoms with Crippen LogP contribution in [0.15, 0.2) is 48.5 Å². The van der Waals surface area contributed by atoms with Crippen molar-refractivity contribution in [2.24, 2.45) is 0 Å². The van der Waals surface area contributed by atoms with Crippen molar-refractivity contribution in [2.75, 3.05) is 7.11 Å². The predicted octanol–water partition coefficient (Wildman–Crippen LogP) is 3.38. The number of carboxylic acids is 1. The van der Waals surface area contributed by atoms with E-state index in [0.29, 0.717) is 5.75 Å². The Morgan fingerprint density at radius 1 is 1.05 bits per heavy atom. The van der Waals surface area contributed by atoms with Gasteiger partial charge in [-0.25, -0.2) is 4.79 Å². The van der Waals surface area contributed by atoms with Gasteiger partial charge in [0.15, 0.2) is 5.78 Å². The minimum absolute atomic E-state index is 0.0397. The second-order valence-corrected chi connectivity index (χ2v) is 4.71. The van der Waals surface area contributed by atoms with Crippen LogP contribution >= 0.6 is 0 Å². The van der Waals surface area contributed by atoms with E-state index in [1.165, 1.54) is 19.2 Å². The molecule has 1 unspecified atom stereocenters. The maximum atomic E-state index is 12.6. The summed E-state index contributed by atoms with van der Waals surface area (Å²) in [5.41, 5.74) is 1.01. The lowest BCUT2D eigenvalue weighted by molar-refractivity contribution is 0.0691. The molecule has 108 valence electrons. The molecule has 0 fully saturated rings. The van der Waals surface area contributed by atoms with Gasteiger partial charge in [-0.3, -0.25) is 4.79 Å². The smallest absolute Gasteiger partial charge is 0.336 e. The summed E-state index contributed by atoms with van der Waals surface area (Å²) < 4.78 is 5.01. The van der Waals surface area contributed by atoms with Crippen LogP contribution in [0.1, 0.15) is 39.1 Å². The Kier molecular flexibility index (Phi) is 4.38. The molecule has 21 heavy (non-hydrogen) atoms. The first-order valence-corrected chi connectivity index (χ1v) is 6.55. The van der Waals surface area contributed by atoms with Crippen LogP contribution in [0, 0.1) is 0 Å². The van der Waals surface area contributed by atoms with Gasteiger partial charge in [-0.2, -0.15) is 0 Å². The molecule has 2 aromatic rings. The molecule has 0 amide bonds. The van der Waals surface area contributed by atoms with E-state index in [9.17, 15) is 14.7 Å². The molecule has 1 atom stereocenters. The molecular formula is C17H16O4. The highest BCUT2D eigenvalue weighted by atomic mass is 16.5. The fraction of sp³-hybridized carbons (Fsp3) is 0.176. The average molecular weight is 284 g/mol. The molecule has 0 aliphatic carbocycles. The number of methoxy groups -OCH3 is 1. The van der Waals surface area contributed by atoms with Gasteiger partial charge in [-0.15, -0.1) is 0 Å². The van der Waals surface area contributed by atoms with E-state index in [1.807, 2.05) is 30.3 Å². The Hall–Kier alpha value is -2.62. The molecule has 1 N–H and O–H groups in total. The van der Waals surface area contributed by atoms with E-state index in [-0.39, 0.29) is 16.9 Å². The molecule has 0 aliphatic heterocycles. The van der Waals surface area contributed by atoms with E-state index in [0.717, 1.165) is 5.56 Å².